The van der Waals surface area contributed by atoms with Crippen molar-refractivity contribution in [3.63, 3.8) is 0 Å². The van der Waals surface area contributed by atoms with Gasteiger partial charge in [-0.1, -0.05) is 0 Å². The molecule has 0 aliphatic carbocycles. The van der Waals surface area contributed by atoms with Gasteiger partial charge in [0.1, 0.15) is 0 Å². The standard InChI is InChI=1S/C11H16N6O/c1-7(2)18-11-14-9(12-4)13-10(15-11)17-6-5-8(3)16-17/h5-7H,1-4H3,(H,12,13,14,15). The minimum absolute atomic E-state index is 0.00399. The van der Waals surface area contributed by atoms with Crippen LogP contribution in [0, 0.1) is 6.92 Å². The van der Waals surface area contributed by atoms with Crippen molar-refractivity contribution >= 4 is 5.95 Å². The summed E-state index contributed by atoms with van der Waals surface area (Å²) in [5, 5.41) is 7.13. The van der Waals surface area contributed by atoms with Crippen molar-refractivity contribution in [3.8, 4) is 12.0 Å². The first-order valence-corrected chi connectivity index (χ1v) is 5.71. The Morgan fingerprint density at radius 3 is 2.61 bits per heavy atom. The third kappa shape index (κ3) is 2.73. The van der Waals surface area contributed by atoms with Crippen LogP contribution in [0.3, 0.4) is 0 Å². The van der Waals surface area contributed by atoms with Gasteiger partial charge in [-0.2, -0.15) is 20.1 Å². The molecule has 0 aliphatic heterocycles. The number of hydrogen-bond acceptors (Lipinski definition) is 6. The molecule has 0 aromatic carbocycles. The fraction of sp³-hybridized carbons (Fsp3) is 0.455. The first kappa shape index (κ1) is 12.3. The molecule has 0 atom stereocenters. The minimum Gasteiger partial charge on any atom is -0.461 e. The maximum absolute atomic E-state index is 5.48. The van der Waals surface area contributed by atoms with Crippen molar-refractivity contribution in [1.82, 2.24) is 24.7 Å². The molecular weight excluding hydrogens is 232 g/mol. The average molecular weight is 248 g/mol. The number of ether oxygens (including phenoxy) is 1. The number of nitrogens with zero attached hydrogens (tertiary/aromatic N) is 5. The van der Waals surface area contributed by atoms with Crippen molar-refractivity contribution in [2.75, 3.05) is 12.4 Å². The number of aryl methyl sites for hydroxylation is 1. The third-order valence-electron chi connectivity index (χ3n) is 2.10. The van der Waals surface area contributed by atoms with Gasteiger partial charge in [0.25, 0.3) is 5.95 Å². The van der Waals surface area contributed by atoms with E-state index in [0.29, 0.717) is 11.9 Å². The molecule has 0 spiro atoms. The highest BCUT2D eigenvalue weighted by molar-refractivity contribution is 5.29. The van der Waals surface area contributed by atoms with Gasteiger partial charge < -0.3 is 10.1 Å². The van der Waals surface area contributed by atoms with Crippen molar-refractivity contribution in [2.45, 2.75) is 26.9 Å². The number of aromatic nitrogens is 5. The molecule has 0 unspecified atom stereocenters. The maximum Gasteiger partial charge on any atom is 0.323 e. The second-order valence-corrected chi connectivity index (χ2v) is 4.06. The molecule has 2 aromatic heterocycles. The van der Waals surface area contributed by atoms with Crippen molar-refractivity contribution in [3.05, 3.63) is 18.0 Å². The van der Waals surface area contributed by atoms with Gasteiger partial charge in [-0.3, -0.25) is 0 Å². The van der Waals surface area contributed by atoms with E-state index in [2.05, 4.69) is 25.4 Å². The van der Waals surface area contributed by atoms with Gasteiger partial charge in [0.05, 0.1) is 11.8 Å². The summed E-state index contributed by atoms with van der Waals surface area (Å²) < 4.78 is 7.07. The molecule has 0 saturated heterocycles. The lowest BCUT2D eigenvalue weighted by molar-refractivity contribution is 0.221. The van der Waals surface area contributed by atoms with E-state index in [-0.39, 0.29) is 12.1 Å². The van der Waals surface area contributed by atoms with Crippen LogP contribution in [0.4, 0.5) is 5.95 Å². The van der Waals surface area contributed by atoms with Gasteiger partial charge in [-0.25, -0.2) is 4.68 Å². The Morgan fingerprint density at radius 2 is 2.06 bits per heavy atom. The fourth-order valence-corrected chi connectivity index (χ4v) is 1.35. The number of anilines is 1. The zero-order chi connectivity index (χ0) is 13.1. The Kier molecular flexibility index (Phi) is 3.40. The molecule has 0 radical (unpaired) electrons. The van der Waals surface area contributed by atoms with Crippen LogP contribution in [0.5, 0.6) is 6.01 Å². The Balaban J connectivity index is 2.40. The molecule has 7 heteroatoms. The molecule has 1 N–H and O–H groups in total. The lowest BCUT2D eigenvalue weighted by Gasteiger charge is -2.09. The first-order chi connectivity index (χ1) is 8.58. The number of hydrogen-bond donors (Lipinski definition) is 1. The quantitative estimate of drug-likeness (QED) is 0.875. The van der Waals surface area contributed by atoms with E-state index in [0.717, 1.165) is 5.69 Å². The molecule has 0 bridgehead atoms. The van der Waals surface area contributed by atoms with Crippen molar-refractivity contribution < 1.29 is 4.74 Å². The van der Waals surface area contributed by atoms with Crippen LogP contribution in [-0.2, 0) is 0 Å². The number of rotatable bonds is 4. The summed E-state index contributed by atoms with van der Waals surface area (Å²) in [6.45, 7) is 5.74. The molecule has 0 saturated carbocycles. The summed E-state index contributed by atoms with van der Waals surface area (Å²) in [5.74, 6) is 0.877. The van der Waals surface area contributed by atoms with Crippen LogP contribution in [0.1, 0.15) is 19.5 Å². The smallest absolute Gasteiger partial charge is 0.323 e. The molecule has 0 aliphatic rings. The van der Waals surface area contributed by atoms with Gasteiger partial charge in [-0.15, -0.1) is 0 Å². The molecule has 18 heavy (non-hydrogen) atoms. The van der Waals surface area contributed by atoms with Crippen LogP contribution >= 0.6 is 0 Å². The monoisotopic (exact) mass is 248 g/mol. The summed E-state index contributed by atoms with van der Waals surface area (Å²) in [7, 11) is 1.74. The fourth-order valence-electron chi connectivity index (χ4n) is 1.35. The molecule has 96 valence electrons. The maximum atomic E-state index is 5.48. The van der Waals surface area contributed by atoms with E-state index in [9.17, 15) is 0 Å². The largest absolute Gasteiger partial charge is 0.461 e. The van der Waals surface area contributed by atoms with Gasteiger partial charge in [0.2, 0.25) is 5.95 Å². The average Bonchev–Trinajstić information content (AvgIpc) is 2.74. The van der Waals surface area contributed by atoms with E-state index in [4.69, 9.17) is 4.74 Å². The Bertz CT molecular complexity index is 536. The zero-order valence-corrected chi connectivity index (χ0v) is 10.9. The lowest BCUT2D eigenvalue weighted by Crippen LogP contribution is -2.13. The summed E-state index contributed by atoms with van der Waals surface area (Å²) in [5.41, 5.74) is 0.896. The van der Waals surface area contributed by atoms with E-state index in [1.54, 1.807) is 17.9 Å². The summed E-state index contributed by atoms with van der Waals surface area (Å²) in [6.07, 6.45) is 1.80. The van der Waals surface area contributed by atoms with Gasteiger partial charge in [-0.05, 0) is 26.8 Å². The van der Waals surface area contributed by atoms with Crippen molar-refractivity contribution in [2.24, 2.45) is 0 Å². The van der Waals surface area contributed by atoms with Gasteiger partial charge in [0, 0.05) is 13.2 Å². The SMILES string of the molecule is CNc1nc(OC(C)C)nc(-n2ccc(C)n2)n1. The highest BCUT2D eigenvalue weighted by Gasteiger charge is 2.10. The topological polar surface area (TPSA) is 77.8 Å². The molecular formula is C11H16N6O. The zero-order valence-electron chi connectivity index (χ0n) is 10.9. The van der Waals surface area contributed by atoms with E-state index in [1.807, 2.05) is 26.8 Å². The molecule has 0 amide bonds. The van der Waals surface area contributed by atoms with E-state index in [1.165, 1.54) is 0 Å². The summed E-state index contributed by atoms with van der Waals surface area (Å²) >= 11 is 0. The van der Waals surface area contributed by atoms with Gasteiger partial charge >= 0.3 is 6.01 Å². The minimum atomic E-state index is 0.00399. The van der Waals surface area contributed by atoms with Crippen LogP contribution in [-0.4, -0.2) is 37.9 Å². The van der Waals surface area contributed by atoms with Crippen LogP contribution in [0.15, 0.2) is 12.3 Å². The highest BCUT2D eigenvalue weighted by atomic mass is 16.5. The molecule has 7 nitrogen and oxygen atoms in total. The number of nitrogens with one attached hydrogen (secondary N) is 1. The molecule has 2 rings (SSSR count). The van der Waals surface area contributed by atoms with Crippen LogP contribution < -0.4 is 10.1 Å². The molecule has 2 heterocycles. The predicted molar refractivity (Wildman–Crippen MR) is 67.0 cm³/mol. The van der Waals surface area contributed by atoms with E-state index >= 15 is 0 Å². The molecule has 2 aromatic rings. The van der Waals surface area contributed by atoms with Crippen molar-refractivity contribution in [1.29, 1.82) is 0 Å². The Morgan fingerprint density at radius 1 is 1.28 bits per heavy atom. The Hall–Kier alpha value is -2.18. The summed E-state index contributed by atoms with van der Waals surface area (Å²) in [6, 6.07) is 2.17. The van der Waals surface area contributed by atoms with Gasteiger partial charge in [0.15, 0.2) is 0 Å². The normalized spacial score (nSPS) is 10.7. The highest BCUT2D eigenvalue weighted by Crippen LogP contribution is 2.11. The van der Waals surface area contributed by atoms with Crippen LogP contribution in [0.25, 0.3) is 5.95 Å². The first-order valence-electron chi connectivity index (χ1n) is 5.71. The predicted octanol–water partition coefficient (Wildman–Crippen LogP) is 1.19. The lowest BCUT2D eigenvalue weighted by atomic mass is 10.5. The Labute approximate surface area is 105 Å². The second kappa shape index (κ2) is 4.99. The van der Waals surface area contributed by atoms with Crippen LogP contribution in [0.2, 0.25) is 0 Å². The third-order valence-corrected chi connectivity index (χ3v) is 2.10. The molecule has 0 fully saturated rings. The van der Waals surface area contributed by atoms with E-state index < -0.39 is 0 Å². The summed E-state index contributed by atoms with van der Waals surface area (Å²) in [4.78, 5) is 12.6. The second-order valence-electron chi connectivity index (χ2n) is 4.06.